The standard InChI is InChI=1S/C28H36N6O3S/c1-4-33-21-25(28(35)32-14-12-30(13-15-32)24-8-6-5-7-9-24)27(29-33)38(36,37)34-18-16-31(17-19-34)26-20-22(2)10-11-23(26)3/h5-11,20-21H,4,12-19H2,1-3H3. The second kappa shape index (κ2) is 10.8. The van der Waals surface area contributed by atoms with Gasteiger partial charge < -0.3 is 14.7 Å². The lowest BCUT2D eigenvalue weighted by Gasteiger charge is -2.37. The second-order valence-corrected chi connectivity index (χ2v) is 11.9. The molecule has 2 aliphatic heterocycles. The molecule has 0 atom stereocenters. The summed E-state index contributed by atoms with van der Waals surface area (Å²) in [6, 6.07) is 16.5. The van der Waals surface area contributed by atoms with Crippen molar-refractivity contribution in [2.45, 2.75) is 32.3 Å². The first kappa shape index (κ1) is 26.2. The normalized spacial score (nSPS) is 17.2. The average Bonchev–Trinajstić information content (AvgIpc) is 3.40. The Morgan fingerprint density at radius 2 is 1.53 bits per heavy atom. The van der Waals surface area contributed by atoms with Crippen molar-refractivity contribution in [1.82, 2.24) is 19.0 Å². The number of sulfonamides is 1. The Morgan fingerprint density at radius 1 is 0.868 bits per heavy atom. The molecule has 1 amide bonds. The van der Waals surface area contributed by atoms with Crippen LogP contribution in [0.2, 0.25) is 0 Å². The molecule has 2 saturated heterocycles. The summed E-state index contributed by atoms with van der Waals surface area (Å²) in [6.45, 7) is 10.8. The molecule has 2 aromatic carbocycles. The molecule has 0 spiro atoms. The monoisotopic (exact) mass is 536 g/mol. The fourth-order valence-corrected chi connectivity index (χ4v) is 6.75. The minimum atomic E-state index is -3.93. The van der Waals surface area contributed by atoms with Gasteiger partial charge in [0.2, 0.25) is 5.03 Å². The Labute approximate surface area is 225 Å². The number of carbonyl (C=O) groups excluding carboxylic acids is 1. The Balaban J connectivity index is 1.31. The number of anilines is 2. The predicted octanol–water partition coefficient (Wildman–Crippen LogP) is 2.99. The van der Waals surface area contributed by atoms with Crippen LogP contribution in [0.25, 0.3) is 0 Å². The molecular formula is C28H36N6O3S. The highest BCUT2D eigenvalue weighted by Gasteiger charge is 2.36. The van der Waals surface area contributed by atoms with Gasteiger partial charge in [-0.1, -0.05) is 30.3 Å². The Hall–Kier alpha value is -3.37. The molecule has 0 aliphatic carbocycles. The molecule has 0 saturated carbocycles. The molecular weight excluding hydrogens is 500 g/mol. The molecule has 0 unspecified atom stereocenters. The number of hydrogen-bond acceptors (Lipinski definition) is 6. The van der Waals surface area contributed by atoms with Crippen molar-refractivity contribution in [1.29, 1.82) is 0 Å². The van der Waals surface area contributed by atoms with Gasteiger partial charge in [0.1, 0.15) is 0 Å². The molecule has 202 valence electrons. The highest BCUT2D eigenvalue weighted by Crippen LogP contribution is 2.27. The number of rotatable bonds is 6. The van der Waals surface area contributed by atoms with E-state index in [2.05, 4.69) is 59.1 Å². The van der Waals surface area contributed by atoms with E-state index in [-0.39, 0.29) is 16.5 Å². The van der Waals surface area contributed by atoms with Crippen LogP contribution in [0.3, 0.4) is 0 Å². The molecule has 2 aliphatic rings. The fourth-order valence-electron chi connectivity index (χ4n) is 5.23. The molecule has 10 heteroatoms. The van der Waals surface area contributed by atoms with E-state index in [4.69, 9.17) is 0 Å². The fraction of sp³-hybridized carbons (Fsp3) is 0.429. The summed E-state index contributed by atoms with van der Waals surface area (Å²) in [5, 5.41) is 4.24. The zero-order valence-electron chi connectivity index (χ0n) is 22.4. The summed E-state index contributed by atoms with van der Waals surface area (Å²) in [7, 11) is -3.93. The van der Waals surface area contributed by atoms with Gasteiger partial charge in [-0.2, -0.15) is 9.40 Å². The molecule has 0 radical (unpaired) electrons. The van der Waals surface area contributed by atoms with E-state index in [0.717, 1.165) is 11.4 Å². The van der Waals surface area contributed by atoms with Gasteiger partial charge in [0.15, 0.2) is 0 Å². The zero-order valence-corrected chi connectivity index (χ0v) is 23.2. The SMILES string of the molecule is CCn1cc(C(=O)N2CCN(c3ccccc3)CC2)c(S(=O)(=O)N2CCN(c3cc(C)ccc3C)CC2)n1. The number of piperazine rings is 2. The van der Waals surface area contributed by atoms with Crippen molar-refractivity contribution in [2.75, 3.05) is 62.2 Å². The first-order valence-electron chi connectivity index (χ1n) is 13.3. The summed E-state index contributed by atoms with van der Waals surface area (Å²) in [5.41, 5.74) is 4.79. The van der Waals surface area contributed by atoms with E-state index in [1.165, 1.54) is 15.4 Å². The third-order valence-corrected chi connectivity index (χ3v) is 9.33. The summed E-state index contributed by atoms with van der Waals surface area (Å²) in [6.07, 6.45) is 1.59. The number of aryl methyl sites for hydroxylation is 3. The van der Waals surface area contributed by atoms with Gasteiger partial charge in [-0.05, 0) is 50.1 Å². The Bertz CT molecular complexity index is 1390. The first-order valence-corrected chi connectivity index (χ1v) is 14.7. The summed E-state index contributed by atoms with van der Waals surface area (Å²) in [4.78, 5) is 19.8. The maximum absolute atomic E-state index is 13.8. The lowest BCUT2D eigenvalue weighted by molar-refractivity contribution is 0.0742. The van der Waals surface area contributed by atoms with E-state index in [1.807, 2.05) is 25.1 Å². The van der Waals surface area contributed by atoms with E-state index in [9.17, 15) is 13.2 Å². The number of carbonyl (C=O) groups is 1. The van der Waals surface area contributed by atoms with Crippen LogP contribution in [-0.2, 0) is 16.6 Å². The van der Waals surface area contributed by atoms with E-state index < -0.39 is 10.0 Å². The number of benzene rings is 2. The highest BCUT2D eigenvalue weighted by molar-refractivity contribution is 7.89. The van der Waals surface area contributed by atoms with Gasteiger partial charge in [-0.3, -0.25) is 9.48 Å². The summed E-state index contributed by atoms with van der Waals surface area (Å²) >= 11 is 0. The average molecular weight is 537 g/mol. The highest BCUT2D eigenvalue weighted by atomic mass is 32.2. The van der Waals surface area contributed by atoms with Crippen LogP contribution in [0.4, 0.5) is 11.4 Å². The molecule has 3 aromatic rings. The minimum Gasteiger partial charge on any atom is -0.369 e. The molecule has 1 aromatic heterocycles. The number of hydrogen-bond donors (Lipinski definition) is 0. The largest absolute Gasteiger partial charge is 0.369 e. The van der Waals surface area contributed by atoms with Crippen molar-refractivity contribution in [3.63, 3.8) is 0 Å². The third kappa shape index (κ3) is 5.15. The lowest BCUT2D eigenvalue weighted by Crippen LogP contribution is -2.50. The van der Waals surface area contributed by atoms with Gasteiger partial charge in [-0.15, -0.1) is 0 Å². The van der Waals surface area contributed by atoms with Crippen molar-refractivity contribution < 1.29 is 13.2 Å². The Morgan fingerprint density at radius 3 is 2.18 bits per heavy atom. The van der Waals surface area contributed by atoms with Gasteiger partial charge in [0, 0.05) is 76.5 Å². The van der Waals surface area contributed by atoms with Gasteiger partial charge in [0.25, 0.3) is 15.9 Å². The van der Waals surface area contributed by atoms with E-state index in [0.29, 0.717) is 58.9 Å². The molecule has 5 rings (SSSR count). The van der Waals surface area contributed by atoms with Gasteiger partial charge >= 0.3 is 0 Å². The molecule has 38 heavy (non-hydrogen) atoms. The van der Waals surface area contributed by atoms with Crippen molar-refractivity contribution in [2.24, 2.45) is 0 Å². The van der Waals surface area contributed by atoms with Crippen LogP contribution in [0.15, 0.2) is 59.8 Å². The van der Waals surface area contributed by atoms with E-state index in [1.54, 1.807) is 15.8 Å². The van der Waals surface area contributed by atoms with Crippen LogP contribution >= 0.6 is 0 Å². The smallest absolute Gasteiger partial charge is 0.263 e. The van der Waals surface area contributed by atoms with Gasteiger partial charge in [-0.25, -0.2) is 8.42 Å². The van der Waals surface area contributed by atoms with Crippen molar-refractivity contribution in [3.05, 3.63) is 71.4 Å². The Kier molecular flexibility index (Phi) is 7.45. The molecule has 9 nitrogen and oxygen atoms in total. The van der Waals surface area contributed by atoms with Crippen LogP contribution in [0.5, 0.6) is 0 Å². The van der Waals surface area contributed by atoms with Gasteiger partial charge in [0.05, 0.1) is 5.56 Å². The number of amides is 1. The molecule has 0 bridgehead atoms. The lowest BCUT2D eigenvalue weighted by atomic mass is 10.1. The van der Waals surface area contributed by atoms with E-state index >= 15 is 0 Å². The summed E-state index contributed by atoms with van der Waals surface area (Å²) in [5.74, 6) is -0.273. The molecule has 3 heterocycles. The molecule has 0 N–H and O–H groups in total. The molecule has 2 fully saturated rings. The topological polar surface area (TPSA) is 82.0 Å². The van der Waals surface area contributed by atoms with Crippen LogP contribution in [0.1, 0.15) is 28.4 Å². The maximum atomic E-state index is 13.8. The van der Waals surface area contributed by atoms with Crippen LogP contribution < -0.4 is 9.80 Å². The van der Waals surface area contributed by atoms with Crippen molar-refractivity contribution >= 4 is 27.3 Å². The summed E-state index contributed by atoms with van der Waals surface area (Å²) < 4.78 is 30.6. The number of aromatic nitrogens is 2. The minimum absolute atomic E-state index is 0.130. The third-order valence-electron chi connectivity index (χ3n) is 7.50. The van der Waals surface area contributed by atoms with Crippen molar-refractivity contribution in [3.8, 4) is 0 Å². The zero-order chi connectivity index (χ0) is 26.9. The predicted molar refractivity (Wildman–Crippen MR) is 149 cm³/mol. The number of para-hydroxylation sites is 1. The quantitative estimate of drug-likeness (QED) is 0.482. The van der Waals surface area contributed by atoms with Crippen LogP contribution in [0, 0.1) is 13.8 Å². The second-order valence-electron chi connectivity index (χ2n) is 10.00. The number of nitrogens with zero attached hydrogens (tertiary/aromatic N) is 6. The maximum Gasteiger partial charge on any atom is 0.263 e. The van der Waals surface area contributed by atoms with Crippen LogP contribution in [-0.4, -0.2) is 85.7 Å². The first-order chi connectivity index (χ1) is 18.3.